The number of carbonyl (C=O) groups is 1. The van der Waals surface area contributed by atoms with Gasteiger partial charge in [0.2, 0.25) is 15.9 Å². The number of sulfonamides is 1. The van der Waals surface area contributed by atoms with Crippen LogP contribution in [0.25, 0.3) is 0 Å². The van der Waals surface area contributed by atoms with Gasteiger partial charge in [-0.3, -0.25) is 9.10 Å². The number of aryl methyl sites for hydroxylation is 3. The highest BCUT2D eigenvalue weighted by molar-refractivity contribution is 7.92. The summed E-state index contributed by atoms with van der Waals surface area (Å²) in [5.41, 5.74) is 4.12. The second-order valence-electron chi connectivity index (χ2n) is 5.90. The first-order valence-corrected chi connectivity index (χ1v) is 9.44. The Balaban J connectivity index is 2.25. The maximum Gasteiger partial charge on any atom is 0.245 e. The van der Waals surface area contributed by atoms with E-state index in [0.29, 0.717) is 11.4 Å². The summed E-state index contributed by atoms with van der Waals surface area (Å²) in [5, 5.41) is 2.76. The first-order chi connectivity index (χ1) is 11.2. The lowest BCUT2D eigenvalue weighted by molar-refractivity contribution is -0.114. The molecule has 6 heteroatoms. The van der Waals surface area contributed by atoms with Gasteiger partial charge in [0.05, 0.1) is 11.9 Å². The van der Waals surface area contributed by atoms with Crippen LogP contribution >= 0.6 is 0 Å². The van der Waals surface area contributed by atoms with Crippen molar-refractivity contribution >= 4 is 27.3 Å². The van der Waals surface area contributed by atoms with Gasteiger partial charge in [0, 0.05) is 5.69 Å². The van der Waals surface area contributed by atoms with Crippen LogP contribution in [0.1, 0.15) is 16.7 Å². The largest absolute Gasteiger partial charge is 0.324 e. The van der Waals surface area contributed by atoms with Crippen LogP contribution in [0.15, 0.2) is 42.5 Å². The number of nitrogens with one attached hydrogen (secondary N) is 1. The van der Waals surface area contributed by atoms with Gasteiger partial charge in [-0.1, -0.05) is 24.3 Å². The number of benzene rings is 2. The summed E-state index contributed by atoms with van der Waals surface area (Å²) in [6, 6.07) is 12.7. The third-order valence-electron chi connectivity index (χ3n) is 3.89. The van der Waals surface area contributed by atoms with Gasteiger partial charge in [0.1, 0.15) is 6.54 Å². The van der Waals surface area contributed by atoms with Gasteiger partial charge >= 0.3 is 0 Å². The minimum Gasteiger partial charge on any atom is -0.324 e. The Morgan fingerprint density at radius 2 is 1.67 bits per heavy atom. The SMILES string of the molecule is Cc1ccc(N(CC(=O)Nc2ccccc2C)S(C)(=O)=O)cc1C. The first-order valence-electron chi connectivity index (χ1n) is 7.59. The van der Waals surface area contributed by atoms with Gasteiger partial charge in [-0.25, -0.2) is 8.42 Å². The molecule has 0 fully saturated rings. The van der Waals surface area contributed by atoms with Crippen LogP contribution < -0.4 is 9.62 Å². The minimum atomic E-state index is -3.57. The van der Waals surface area contributed by atoms with Crippen molar-refractivity contribution in [2.75, 3.05) is 22.4 Å². The number of nitrogens with zero attached hydrogens (tertiary/aromatic N) is 1. The number of rotatable bonds is 5. The zero-order chi connectivity index (χ0) is 17.9. The van der Waals surface area contributed by atoms with E-state index in [1.165, 1.54) is 0 Å². The standard InChI is InChI=1S/C18H22N2O3S/c1-13-9-10-16(11-15(13)3)20(24(4,22)23)12-18(21)19-17-8-6-5-7-14(17)2/h5-11H,12H2,1-4H3,(H,19,21). The number of anilines is 2. The Labute approximate surface area is 143 Å². The van der Waals surface area contributed by atoms with E-state index in [4.69, 9.17) is 0 Å². The highest BCUT2D eigenvalue weighted by Crippen LogP contribution is 2.21. The van der Waals surface area contributed by atoms with E-state index in [2.05, 4.69) is 5.32 Å². The highest BCUT2D eigenvalue weighted by atomic mass is 32.2. The molecule has 0 aromatic heterocycles. The average molecular weight is 346 g/mol. The summed E-state index contributed by atoms with van der Waals surface area (Å²) in [6.45, 7) is 5.48. The lowest BCUT2D eigenvalue weighted by Gasteiger charge is -2.23. The topological polar surface area (TPSA) is 66.5 Å². The van der Waals surface area contributed by atoms with Crippen LogP contribution in [-0.2, 0) is 14.8 Å². The van der Waals surface area contributed by atoms with Crippen LogP contribution in [-0.4, -0.2) is 27.1 Å². The van der Waals surface area contributed by atoms with Crippen molar-refractivity contribution in [3.05, 3.63) is 59.2 Å². The smallest absolute Gasteiger partial charge is 0.245 e. The quantitative estimate of drug-likeness (QED) is 0.905. The molecule has 0 aliphatic rings. The Morgan fingerprint density at radius 1 is 1.00 bits per heavy atom. The molecule has 0 aliphatic carbocycles. The fourth-order valence-electron chi connectivity index (χ4n) is 2.31. The first kappa shape index (κ1) is 18.0. The van der Waals surface area contributed by atoms with E-state index in [0.717, 1.165) is 27.3 Å². The summed E-state index contributed by atoms with van der Waals surface area (Å²) in [7, 11) is -3.57. The predicted octanol–water partition coefficient (Wildman–Crippen LogP) is 3.02. The number of amides is 1. The van der Waals surface area contributed by atoms with Crippen LogP contribution in [0.2, 0.25) is 0 Å². The third kappa shape index (κ3) is 4.35. The van der Waals surface area contributed by atoms with Crippen molar-refractivity contribution in [1.29, 1.82) is 0 Å². The molecule has 1 amide bonds. The lowest BCUT2D eigenvalue weighted by Crippen LogP contribution is -2.37. The molecule has 0 atom stereocenters. The maximum absolute atomic E-state index is 12.3. The zero-order valence-electron chi connectivity index (χ0n) is 14.3. The summed E-state index contributed by atoms with van der Waals surface area (Å²) < 4.78 is 25.4. The molecule has 0 heterocycles. The van der Waals surface area contributed by atoms with Crippen molar-refractivity contribution in [3.8, 4) is 0 Å². The molecule has 0 radical (unpaired) electrons. The molecule has 2 rings (SSSR count). The predicted molar refractivity (Wildman–Crippen MR) is 97.9 cm³/mol. The van der Waals surface area contributed by atoms with Gasteiger partial charge in [-0.15, -0.1) is 0 Å². The molecule has 128 valence electrons. The second-order valence-corrected chi connectivity index (χ2v) is 7.81. The number of carbonyl (C=O) groups excluding carboxylic acids is 1. The van der Waals surface area contributed by atoms with E-state index in [1.807, 2.05) is 45.0 Å². The van der Waals surface area contributed by atoms with E-state index in [1.54, 1.807) is 18.2 Å². The Morgan fingerprint density at radius 3 is 2.25 bits per heavy atom. The van der Waals surface area contributed by atoms with Gasteiger partial charge in [0.15, 0.2) is 0 Å². The van der Waals surface area contributed by atoms with Crippen LogP contribution in [0, 0.1) is 20.8 Å². The van der Waals surface area contributed by atoms with E-state index >= 15 is 0 Å². The lowest BCUT2D eigenvalue weighted by atomic mass is 10.1. The van der Waals surface area contributed by atoms with Crippen LogP contribution in [0.5, 0.6) is 0 Å². The van der Waals surface area contributed by atoms with E-state index in [9.17, 15) is 13.2 Å². The molecule has 0 saturated heterocycles. The Hall–Kier alpha value is -2.34. The fourth-order valence-corrected chi connectivity index (χ4v) is 3.16. The Bertz CT molecular complexity index is 860. The number of para-hydroxylation sites is 1. The molecule has 0 aliphatic heterocycles. The molecule has 0 bridgehead atoms. The molecule has 0 saturated carbocycles. The van der Waals surface area contributed by atoms with Crippen molar-refractivity contribution in [1.82, 2.24) is 0 Å². The van der Waals surface area contributed by atoms with E-state index < -0.39 is 10.0 Å². The van der Waals surface area contributed by atoms with Crippen molar-refractivity contribution in [2.24, 2.45) is 0 Å². The molecular formula is C18H22N2O3S. The molecular weight excluding hydrogens is 324 g/mol. The van der Waals surface area contributed by atoms with Crippen LogP contribution in [0.4, 0.5) is 11.4 Å². The Kier molecular flexibility index (Phi) is 5.29. The fraction of sp³-hybridized carbons (Fsp3) is 0.278. The summed E-state index contributed by atoms with van der Waals surface area (Å²) in [5.74, 6) is -0.382. The van der Waals surface area contributed by atoms with E-state index in [-0.39, 0.29) is 12.5 Å². The normalized spacial score (nSPS) is 11.2. The maximum atomic E-state index is 12.3. The minimum absolute atomic E-state index is 0.268. The molecule has 1 N–H and O–H groups in total. The summed E-state index contributed by atoms with van der Waals surface area (Å²) in [6.07, 6.45) is 1.10. The number of hydrogen-bond donors (Lipinski definition) is 1. The van der Waals surface area contributed by atoms with Crippen molar-refractivity contribution in [3.63, 3.8) is 0 Å². The second kappa shape index (κ2) is 7.05. The average Bonchev–Trinajstić information content (AvgIpc) is 2.49. The van der Waals surface area contributed by atoms with Gasteiger partial charge < -0.3 is 5.32 Å². The molecule has 24 heavy (non-hydrogen) atoms. The highest BCUT2D eigenvalue weighted by Gasteiger charge is 2.21. The molecule has 5 nitrogen and oxygen atoms in total. The monoisotopic (exact) mass is 346 g/mol. The van der Waals surface area contributed by atoms with Crippen LogP contribution in [0.3, 0.4) is 0 Å². The van der Waals surface area contributed by atoms with Crippen molar-refractivity contribution in [2.45, 2.75) is 20.8 Å². The van der Waals surface area contributed by atoms with Crippen molar-refractivity contribution < 1.29 is 13.2 Å². The molecule has 2 aromatic rings. The van der Waals surface area contributed by atoms with Gasteiger partial charge in [-0.05, 0) is 55.7 Å². The van der Waals surface area contributed by atoms with Gasteiger partial charge in [-0.2, -0.15) is 0 Å². The molecule has 2 aromatic carbocycles. The molecule has 0 unspecified atom stereocenters. The molecule has 0 spiro atoms. The summed E-state index contributed by atoms with van der Waals surface area (Å²) >= 11 is 0. The van der Waals surface area contributed by atoms with Gasteiger partial charge in [0.25, 0.3) is 0 Å². The number of hydrogen-bond acceptors (Lipinski definition) is 3. The zero-order valence-corrected chi connectivity index (χ0v) is 15.1. The summed E-state index contributed by atoms with van der Waals surface area (Å²) in [4.78, 5) is 12.3. The third-order valence-corrected chi connectivity index (χ3v) is 5.03.